The number of imidazole rings is 1. The van der Waals surface area contributed by atoms with E-state index < -0.39 is 0 Å². The van der Waals surface area contributed by atoms with E-state index in [0.717, 1.165) is 55.6 Å². The van der Waals surface area contributed by atoms with Crippen LogP contribution >= 0.6 is 0 Å². The summed E-state index contributed by atoms with van der Waals surface area (Å²) in [6.45, 7) is 8.50. The van der Waals surface area contributed by atoms with E-state index in [1.807, 2.05) is 6.08 Å². The highest BCUT2D eigenvalue weighted by Crippen LogP contribution is 2.45. The molecule has 55 heavy (non-hydrogen) atoms. The lowest BCUT2D eigenvalue weighted by Crippen LogP contribution is -2.00. The molecule has 2 heteroatoms. The zero-order chi connectivity index (χ0) is 37.0. The summed E-state index contributed by atoms with van der Waals surface area (Å²) in [7, 11) is 0. The second-order valence-electron chi connectivity index (χ2n) is 14.4. The fraction of sp³-hybridized carbons (Fsp3) is 0.0377. The molecule has 0 bridgehead atoms. The van der Waals surface area contributed by atoms with Crippen molar-refractivity contribution in [3.05, 3.63) is 193 Å². The number of fused-ring (bicyclic) bond motifs is 6. The molecule has 1 aromatic heterocycles. The van der Waals surface area contributed by atoms with Gasteiger partial charge >= 0.3 is 0 Å². The minimum Gasteiger partial charge on any atom is -0.292 e. The molecule has 0 atom stereocenters. The fourth-order valence-corrected chi connectivity index (χ4v) is 8.72. The lowest BCUT2D eigenvalue weighted by atomic mass is 9.85. The Bertz CT molecular complexity index is 3120. The van der Waals surface area contributed by atoms with Crippen LogP contribution < -0.4 is 0 Å². The minimum atomic E-state index is 0.900. The maximum Gasteiger partial charge on any atom is 0.145 e. The Morgan fingerprint density at radius 1 is 0.509 bits per heavy atom. The molecule has 9 aromatic carbocycles. The number of rotatable bonds is 6. The van der Waals surface area contributed by atoms with Crippen LogP contribution in [0.15, 0.2) is 176 Å². The molecule has 0 amide bonds. The highest BCUT2D eigenvalue weighted by atomic mass is 15.1. The Morgan fingerprint density at radius 2 is 1.07 bits per heavy atom. The average Bonchev–Trinajstić information content (AvgIpc) is 3.64. The standard InChI is InChI=1S/C53H38N2/c1-4-16-48-41(5-2)42-21-9-14-26-47(42)51-52(48)55(40-19-7-6-8-20-40)53(54-51)39-18-15-17-37(33-39)49-43-22-10-12-24-45(43)50(46-25-13-11-23-44(46)49)38-30-29-35-31-34(3)27-28-36(35)32-38/h4-33H,2H2,1,3H3/b16-4-. The lowest BCUT2D eigenvalue weighted by molar-refractivity contribution is 1.10. The smallest absolute Gasteiger partial charge is 0.145 e. The molecule has 2 nitrogen and oxygen atoms in total. The van der Waals surface area contributed by atoms with Crippen molar-refractivity contribution < 1.29 is 0 Å². The molecule has 0 aliphatic carbocycles. The van der Waals surface area contributed by atoms with E-state index in [2.05, 4.69) is 201 Å². The first kappa shape index (κ1) is 32.6. The summed E-state index contributed by atoms with van der Waals surface area (Å²) in [5.41, 5.74) is 12.5. The van der Waals surface area contributed by atoms with Crippen LogP contribution in [0.25, 0.3) is 106 Å². The van der Waals surface area contributed by atoms with Crippen LogP contribution in [0.5, 0.6) is 0 Å². The number of nitrogens with zero attached hydrogens (tertiary/aromatic N) is 2. The van der Waals surface area contributed by atoms with Crippen LogP contribution in [0.4, 0.5) is 0 Å². The van der Waals surface area contributed by atoms with E-state index in [0.29, 0.717) is 0 Å². The van der Waals surface area contributed by atoms with Gasteiger partial charge in [0.15, 0.2) is 0 Å². The zero-order valence-electron chi connectivity index (χ0n) is 30.9. The molecule has 0 saturated carbocycles. The summed E-state index contributed by atoms with van der Waals surface area (Å²) in [6, 6.07) is 59.5. The number of hydrogen-bond donors (Lipinski definition) is 0. The fourth-order valence-electron chi connectivity index (χ4n) is 8.72. The topological polar surface area (TPSA) is 17.8 Å². The van der Waals surface area contributed by atoms with Crippen LogP contribution in [0.3, 0.4) is 0 Å². The Labute approximate surface area is 321 Å². The summed E-state index contributed by atoms with van der Waals surface area (Å²) in [6.07, 6.45) is 6.29. The van der Waals surface area contributed by atoms with Crippen molar-refractivity contribution in [2.24, 2.45) is 0 Å². The van der Waals surface area contributed by atoms with Crippen molar-refractivity contribution in [3.63, 3.8) is 0 Å². The molecule has 260 valence electrons. The van der Waals surface area contributed by atoms with Gasteiger partial charge in [0, 0.05) is 22.2 Å². The first-order valence-corrected chi connectivity index (χ1v) is 19.0. The normalized spacial score (nSPS) is 11.8. The van der Waals surface area contributed by atoms with Crippen LogP contribution in [0.1, 0.15) is 23.6 Å². The number of hydrogen-bond acceptors (Lipinski definition) is 1. The first-order chi connectivity index (χ1) is 27.1. The Morgan fingerprint density at radius 3 is 1.73 bits per heavy atom. The lowest BCUT2D eigenvalue weighted by Gasteiger charge is -2.18. The highest BCUT2D eigenvalue weighted by Gasteiger charge is 2.23. The van der Waals surface area contributed by atoms with E-state index in [-0.39, 0.29) is 0 Å². The molecule has 0 fully saturated rings. The van der Waals surface area contributed by atoms with Gasteiger partial charge in [0.25, 0.3) is 0 Å². The van der Waals surface area contributed by atoms with Gasteiger partial charge < -0.3 is 0 Å². The van der Waals surface area contributed by atoms with E-state index in [1.54, 1.807) is 0 Å². The van der Waals surface area contributed by atoms with Crippen LogP contribution in [0, 0.1) is 6.92 Å². The monoisotopic (exact) mass is 702 g/mol. The van der Waals surface area contributed by atoms with Gasteiger partial charge in [0.05, 0.1) is 11.0 Å². The molecule has 0 N–H and O–H groups in total. The summed E-state index contributed by atoms with van der Waals surface area (Å²) >= 11 is 0. The van der Waals surface area contributed by atoms with Gasteiger partial charge in [-0.05, 0) is 104 Å². The van der Waals surface area contributed by atoms with E-state index in [1.165, 1.54) is 54.6 Å². The minimum absolute atomic E-state index is 0.900. The highest BCUT2D eigenvalue weighted by molar-refractivity contribution is 6.22. The van der Waals surface area contributed by atoms with Crippen LogP contribution in [-0.2, 0) is 0 Å². The van der Waals surface area contributed by atoms with Crippen LogP contribution in [-0.4, -0.2) is 9.55 Å². The van der Waals surface area contributed by atoms with Gasteiger partial charge in [-0.1, -0.05) is 170 Å². The second kappa shape index (κ2) is 13.1. The number of benzene rings is 9. The maximum absolute atomic E-state index is 5.54. The molecule has 0 aliphatic rings. The van der Waals surface area contributed by atoms with Crippen molar-refractivity contribution in [1.29, 1.82) is 0 Å². The van der Waals surface area contributed by atoms with Crippen molar-refractivity contribution in [2.45, 2.75) is 13.8 Å². The van der Waals surface area contributed by atoms with Gasteiger partial charge in [-0.15, -0.1) is 0 Å². The number of allylic oxidation sites excluding steroid dienone is 1. The Hall–Kier alpha value is -7.03. The Kier molecular flexibility index (Phi) is 7.78. The number of aryl methyl sites for hydroxylation is 1. The zero-order valence-corrected chi connectivity index (χ0v) is 30.9. The molecular weight excluding hydrogens is 665 g/mol. The van der Waals surface area contributed by atoms with Gasteiger partial charge in [-0.2, -0.15) is 0 Å². The van der Waals surface area contributed by atoms with Gasteiger partial charge in [-0.25, -0.2) is 4.98 Å². The molecule has 0 radical (unpaired) electrons. The molecule has 0 saturated heterocycles. The Balaban J connectivity index is 1.26. The average molecular weight is 703 g/mol. The first-order valence-electron chi connectivity index (χ1n) is 19.0. The summed E-state index contributed by atoms with van der Waals surface area (Å²) in [5.74, 6) is 0.900. The molecule has 10 rings (SSSR count). The van der Waals surface area contributed by atoms with Crippen molar-refractivity contribution in [2.75, 3.05) is 0 Å². The molecule has 10 aromatic rings. The van der Waals surface area contributed by atoms with Gasteiger partial charge in [0.1, 0.15) is 5.82 Å². The molecule has 0 aliphatic heterocycles. The summed E-state index contributed by atoms with van der Waals surface area (Å²) in [4.78, 5) is 5.54. The summed E-state index contributed by atoms with van der Waals surface area (Å²) in [5, 5.41) is 9.71. The summed E-state index contributed by atoms with van der Waals surface area (Å²) < 4.78 is 2.34. The second-order valence-corrected chi connectivity index (χ2v) is 14.4. The molecule has 0 spiro atoms. The molecule has 0 unspecified atom stereocenters. The largest absolute Gasteiger partial charge is 0.292 e. The number of aromatic nitrogens is 2. The predicted molar refractivity (Wildman–Crippen MR) is 237 cm³/mol. The van der Waals surface area contributed by atoms with Crippen LogP contribution in [0.2, 0.25) is 0 Å². The van der Waals surface area contributed by atoms with Gasteiger partial charge in [0.2, 0.25) is 0 Å². The number of para-hydroxylation sites is 1. The third kappa shape index (κ3) is 5.21. The third-order valence-corrected chi connectivity index (χ3v) is 11.1. The van der Waals surface area contributed by atoms with E-state index in [9.17, 15) is 0 Å². The molecular formula is C53H38N2. The van der Waals surface area contributed by atoms with E-state index in [4.69, 9.17) is 4.98 Å². The van der Waals surface area contributed by atoms with Crippen molar-refractivity contribution >= 4 is 66.3 Å². The third-order valence-electron chi connectivity index (χ3n) is 11.1. The molecule has 1 heterocycles. The van der Waals surface area contributed by atoms with Gasteiger partial charge in [-0.3, -0.25) is 4.57 Å². The SMILES string of the molecule is C=Cc1c(/C=C\C)c2c(nc(-c3cccc(-c4c5ccccc5c(-c5ccc6cc(C)ccc6c5)c5ccccc45)c3)n2-c2ccccc2)c2ccccc12. The van der Waals surface area contributed by atoms with Crippen molar-refractivity contribution in [3.8, 4) is 39.3 Å². The quantitative estimate of drug-likeness (QED) is 0.158. The van der Waals surface area contributed by atoms with Crippen molar-refractivity contribution in [1.82, 2.24) is 9.55 Å². The maximum atomic E-state index is 5.54. The van der Waals surface area contributed by atoms with E-state index >= 15 is 0 Å². The predicted octanol–water partition coefficient (Wildman–Crippen LogP) is 14.6.